The van der Waals surface area contributed by atoms with Gasteiger partial charge in [-0.2, -0.15) is 0 Å². The zero-order valence-electron chi connectivity index (χ0n) is 19.7. The quantitative estimate of drug-likeness (QED) is 0.794. The molecule has 172 valence electrons. The van der Waals surface area contributed by atoms with Crippen LogP contribution in [-0.2, 0) is 16.6 Å². The van der Waals surface area contributed by atoms with Gasteiger partial charge in [0.1, 0.15) is 5.82 Å². The van der Waals surface area contributed by atoms with Crippen molar-refractivity contribution < 1.29 is 9.18 Å². The molecule has 1 atom stereocenters. The molecule has 5 nitrogen and oxygen atoms in total. The zero-order valence-corrected chi connectivity index (χ0v) is 19.7. The summed E-state index contributed by atoms with van der Waals surface area (Å²) in [5.74, 6) is -0.227. The van der Waals surface area contributed by atoms with Crippen molar-refractivity contribution in [3.05, 3.63) is 59.4 Å². The highest BCUT2D eigenvalue weighted by Gasteiger charge is 2.31. The highest BCUT2D eigenvalue weighted by atomic mass is 19.1. The fourth-order valence-corrected chi connectivity index (χ4v) is 4.59. The van der Waals surface area contributed by atoms with Crippen molar-refractivity contribution in [2.45, 2.75) is 38.6 Å². The normalized spacial score (nSPS) is 20.7. The first-order valence-electron chi connectivity index (χ1n) is 11.6. The molecule has 6 heteroatoms. The first kappa shape index (κ1) is 22.7. The molecule has 2 aliphatic rings. The summed E-state index contributed by atoms with van der Waals surface area (Å²) in [6.07, 6.45) is 0.351. The van der Waals surface area contributed by atoms with Crippen LogP contribution in [-0.4, -0.2) is 63.2 Å². The number of piperazine rings is 2. The molecule has 1 unspecified atom stereocenters. The minimum absolute atomic E-state index is 0.00680. The van der Waals surface area contributed by atoms with Gasteiger partial charge in [0.2, 0.25) is 5.91 Å². The second kappa shape index (κ2) is 9.20. The average Bonchev–Trinajstić information content (AvgIpc) is 2.76. The van der Waals surface area contributed by atoms with Crippen LogP contribution in [0, 0.1) is 5.82 Å². The summed E-state index contributed by atoms with van der Waals surface area (Å²) in [5, 5.41) is 3.33. The van der Waals surface area contributed by atoms with Gasteiger partial charge in [0.05, 0.1) is 6.04 Å². The number of halogens is 1. The van der Waals surface area contributed by atoms with Gasteiger partial charge in [-0.25, -0.2) is 4.39 Å². The van der Waals surface area contributed by atoms with Crippen LogP contribution in [0.25, 0.3) is 0 Å². The van der Waals surface area contributed by atoms with E-state index >= 15 is 0 Å². The van der Waals surface area contributed by atoms with E-state index in [1.54, 1.807) is 6.07 Å². The summed E-state index contributed by atoms with van der Waals surface area (Å²) in [6.45, 7) is 11.5. The van der Waals surface area contributed by atoms with Crippen LogP contribution < -0.4 is 15.1 Å². The number of amides is 1. The van der Waals surface area contributed by atoms with Crippen molar-refractivity contribution in [1.29, 1.82) is 0 Å². The highest BCUT2D eigenvalue weighted by Crippen LogP contribution is 2.29. The van der Waals surface area contributed by atoms with E-state index in [0.717, 1.165) is 37.6 Å². The maximum atomic E-state index is 15.0. The third-order valence-corrected chi connectivity index (χ3v) is 6.68. The number of rotatable bonds is 4. The van der Waals surface area contributed by atoms with Crippen LogP contribution in [0.5, 0.6) is 0 Å². The standard InChI is InChI=1S/C26H35FN4O/c1-26(2,3)19-8-10-20(11-9-19)31-13-12-28-23(25(31)32)18-21-22(27)6-5-7-24(21)30-16-14-29(4)15-17-30/h5-11,23,28H,12-18H2,1-4H3. The minimum Gasteiger partial charge on any atom is -0.369 e. The minimum atomic E-state index is -0.436. The second-order valence-corrected chi connectivity index (χ2v) is 10.0. The molecule has 0 aromatic heterocycles. The average molecular weight is 439 g/mol. The number of benzene rings is 2. The van der Waals surface area contributed by atoms with Crippen molar-refractivity contribution in [1.82, 2.24) is 10.2 Å². The first-order chi connectivity index (χ1) is 15.2. The summed E-state index contributed by atoms with van der Waals surface area (Å²) < 4.78 is 15.0. The Labute approximate surface area is 191 Å². The van der Waals surface area contributed by atoms with Gasteiger partial charge >= 0.3 is 0 Å². The van der Waals surface area contributed by atoms with Gasteiger partial charge in [-0.3, -0.25) is 4.79 Å². The Kier molecular flexibility index (Phi) is 6.54. The Hall–Kier alpha value is -2.44. The van der Waals surface area contributed by atoms with E-state index in [2.05, 4.69) is 55.1 Å². The van der Waals surface area contributed by atoms with Crippen LogP contribution in [0.4, 0.5) is 15.8 Å². The second-order valence-electron chi connectivity index (χ2n) is 10.0. The number of hydrogen-bond donors (Lipinski definition) is 1. The van der Waals surface area contributed by atoms with E-state index in [9.17, 15) is 9.18 Å². The third kappa shape index (κ3) is 4.81. The van der Waals surface area contributed by atoms with Crippen molar-refractivity contribution >= 4 is 17.3 Å². The molecule has 2 aliphatic heterocycles. The Bertz CT molecular complexity index is 945. The monoisotopic (exact) mass is 438 g/mol. The maximum absolute atomic E-state index is 15.0. The molecule has 0 aliphatic carbocycles. The number of anilines is 2. The van der Waals surface area contributed by atoms with Gasteiger partial charge in [0, 0.05) is 62.6 Å². The molecule has 32 heavy (non-hydrogen) atoms. The molecule has 0 spiro atoms. The number of likely N-dealkylation sites (N-methyl/N-ethyl adjacent to an activating group) is 1. The molecule has 2 aromatic carbocycles. The number of nitrogens with zero attached hydrogens (tertiary/aromatic N) is 3. The molecule has 0 bridgehead atoms. The zero-order chi connectivity index (χ0) is 22.9. The Morgan fingerprint density at radius 3 is 2.34 bits per heavy atom. The lowest BCUT2D eigenvalue weighted by molar-refractivity contribution is -0.121. The Morgan fingerprint density at radius 2 is 1.69 bits per heavy atom. The van der Waals surface area contributed by atoms with E-state index in [1.165, 1.54) is 11.6 Å². The number of carbonyl (C=O) groups excluding carboxylic acids is 1. The van der Waals surface area contributed by atoms with Crippen molar-refractivity contribution in [3.8, 4) is 0 Å². The Morgan fingerprint density at radius 1 is 1.00 bits per heavy atom. The van der Waals surface area contributed by atoms with E-state index in [0.29, 0.717) is 25.1 Å². The molecule has 1 amide bonds. The van der Waals surface area contributed by atoms with Crippen molar-refractivity contribution in [2.24, 2.45) is 0 Å². The van der Waals surface area contributed by atoms with Crippen LogP contribution in [0.15, 0.2) is 42.5 Å². The van der Waals surface area contributed by atoms with Gasteiger partial charge in [-0.1, -0.05) is 39.0 Å². The maximum Gasteiger partial charge on any atom is 0.244 e. The van der Waals surface area contributed by atoms with Crippen LogP contribution >= 0.6 is 0 Å². The van der Waals surface area contributed by atoms with Gasteiger partial charge < -0.3 is 20.0 Å². The predicted molar refractivity (Wildman–Crippen MR) is 129 cm³/mol. The molecular formula is C26H35FN4O. The number of hydrogen-bond acceptors (Lipinski definition) is 4. The SMILES string of the molecule is CN1CCN(c2cccc(F)c2CC2NCCN(c3ccc(C(C)(C)C)cc3)C2=O)CC1. The summed E-state index contributed by atoms with van der Waals surface area (Å²) in [5.41, 5.74) is 3.76. The van der Waals surface area contributed by atoms with Gasteiger partial charge in [0.25, 0.3) is 0 Å². The van der Waals surface area contributed by atoms with Crippen LogP contribution in [0.3, 0.4) is 0 Å². The lowest BCUT2D eigenvalue weighted by Crippen LogP contribution is -2.56. The van der Waals surface area contributed by atoms with Crippen LogP contribution in [0.1, 0.15) is 31.9 Å². The van der Waals surface area contributed by atoms with Crippen molar-refractivity contribution in [2.75, 3.05) is 56.1 Å². The number of nitrogens with one attached hydrogen (secondary N) is 1. The fourth-order valence-electron chi connectivity index (χ4n) is 4.59. The lowest BCUT2D eigenvalue weighted by atomic mass is 9.87. The van der Waals surface area contributed by atoms with E-state index < -0.39 is 6.04 Å². The summed E-state index contributed by atoms with van der Waals surface area (Å²) in [6, 6.07) is 13.1. The topological polar surface area (TPSA) is 38.8 Å². The summed E-state index contributed by atoms with van der Waals surface area (Å²) >= 11 is 0. The third-order valence-electron chi connectivity index (χ3n) is 6.68. The highest BCUT2D eigenvalue weighted by molar-refractivity contribution is 5.98. The molecule has 0 saturated carbocycles. The molecule has 2 heterocycles. The Balaban J connectivity index is 1.53. The molecule has 2 saturated heterocycles. The number of carbonyl (C=O) groups is 1. The van der Waals surface area contributed by atoms with Gasteiger partial charge in [0.15, 0.2) is 0 Å². The van der Waals surface area contributed by atoms with Gasteiger partial charge in [-0.05, 0) is 42.3 Å². The fraction of sp³-hybridized carbons (Fsp3) is 0.500. The molecule has 0 radical (unpaired) electrons. The molecule has 4 rings (SSSR count). The van der Waals surface area contributed by atoms with Crippen LogP contribution in [0.2, 0.25) is 0 Å². The smallest absolute Gasteiger partial charge is 0.244 e. The lowest BCUT2D eigenvalue weighted by Gasteiger charge is -2.37. The first-order valence-corrected chi connectivity index (χ1v) is 11.6. The molecular weight excluding hydrogens is 403 g/mol. The molecule has 2 aromatic rings. The molecule has 2 fully saturated rings. The largest absolute Gasteiger partial charge is 0.369 e. The summed E-state index contributed by atoms with van der Waals surface area (Å²) in [7, 11) is 2.11. The summed E-state index contributed by atoms with van der Waals surface area (Å²) in [4.78, 5) is 19.7. The molecule has 1 N–H and O–H groups in total. The van der Waals surface area contributed by atoms with Gasteiger partial charge in [-0.15, -0.1) is 0 Å². The van der Waals surface area contributed by atoms with E-state index in [4.69, 9.17) is 0 Å². The van der Waals surface area contributed by atoms with E-state index in [-0.39, 0.29) is 17.1 Å². The van der Waals surface area contributed by atoms with E-state index in [1.807, 2.05) is 23.1 Å². The predicted octanol–water partition coefficient (Wildman–Crippen LogP) is 3.42. The van der Waals surface area contributed by atoms with Crippen molar-refractivity contribution in [3.63, 3.8) is 0 Å².